The van der Waals surface area contributed by atoms with E-state index in [9.17, 15) is 0 Å². The van der Waals surface area contributed by atoms with Gasteiger partial charge in [0.1, 0.15) is 0 Å². The Morgan fingerprint density at radius 2 is 1.31 bits per heavy atom. The van der Waals surface area contributed by atoms with Crippen LogP contribution in [0.25, 0.3) is 44.7 Å². The Morgan fingerprint density at radius 1 is 0.644 bits per heavy atom. The summed E-state index contributed by atoms with van der Waals surface area (Å²) in [6.45, 7) is 24.3. The first-order chi connectivity index (χ1) is 28.5. The second-order valence-electron chi connectivity index (χ2n) is 15.0. The molecule has 0 unspecified atom stereocenters. The molecule has 0 aliphatic carbocycles. The van der Waals surface area contributed by atoms with Crippen LogP contribution in [0.2, 0.25) is 0 Å². The average molecular weight is 774 g/mol. The maximum atomic E-state index is 6.10. The van der Waals surface area contributed by atoms with E-state index in [0.29, 0.717) is 0 Å². The van der Waals surface area contributed by atoms with E-state index in [0.717, 1.165) is 28.1 Å². The third-order valence-electron chi connectivity index (χ3n) is 10.6. The predicted molar refractivity (Wildman–Crippen MR) is 261 cm³/mol. The van der Waals surface area contributed by atoms with E-state index < -0.39 is 0 Å². The highest BCUT2D eigenvalue weighted by atomic mass is 15.1. The molecule has 1 aliphatic heterocycles. The van der Waals surface area contributed by atoms with Crippen LogP contribution in [-0.4, -0.2) is 16.5 Å². The van der Waals surface area contributed by atoms with E-state index in [2.05, 4.69) is 198 Å². The number of likely N-dealkylation sites (N-methyl/N-ethyl adjacent to an activating group) is 1. The van der Waals surface area contributed by atoms with E-state index >= 15 is 0 Å². The normalized spacial score (nSPS) is 15.2. The Hall–Kier alpha value is -6.84. The summed E-state index contributed by atoms with van der Waals surface area (Å²) in [4.78, 5) is 2.20. The van der Waals surface area contributed by atoms with Crippen molar-refractivity contribution in [3.8, 4) is 16.8 Å². The number of allylic oxidation sites excluding steroid dienone is 12. The second kappa shape index (κ2) is 20.0. The van der Waals surface area contributed by atoms with Crippen molar-refractivity contribution in [1.29, 1.82) is 0 Å². The summed E-state index contributed by atoms with van der Waals surface area (Å²) in [6, 6.07) is 40.2. The van der Waals surface area contributed by atoms with Crippen LogP contribution in [-0.2, 0) is 0 Å². The molecular formula is C56H59N3. The van der Waals surface area contributed by atoms with Crippen molar-refractivity contribution in [3.63, 3.8) is 0 Å². The number of para-hydroxylation sites is 3. The summed E-state index contributed by atoms with van der Waals surface area (Å²) in [6.07, 6.45) is 22.0. The molecule has 0 amide bonds. The first-order valence-corrected chi connectivity index (χ1v) is 20.2. The van der Waals surface area contributed by atoms with Crippen LogP contribution >= 0.6 is 0 Å². The molecule has 0 radical (unpaired) electrons. The standard InChI is InChI=1S/C19H15N.C19H19N.C18H25N/c1-14-11-12-19-17(13-14)16-9-5-6-10-18(16)20(19)15-7-3-2-4-8-15;1-3-4-5-6-9-16-13-12-15(2)14-18(16)17-10-7-8-11-19(17)20;1-8-12-14-16(10-3)19(7)17(11-4)15(13-9-2)18(14,5)6/h2-13H,1H3;3-14H,1,20H2,2H3;8-13H,1,4H2,2-3,5-7H3/b;5-4-,9-6-;13-9-,14-12+,16-10+. The molecule has 3 heteroatoms. The van der Waals surface area contributed by atoms with Gasteiger partial charge in [-0.05, 0) is 92.4 Å². The zero-order valence-electron chi connectivity index (χ0n) is 35.9. The van der Waals surface area contributed by atoms with Gasteiger partial charge >= 0.3 is 0 Å². The van der Waals surface area contributed by atoms with Crippen molar-refractivity contribution in [2.24, 2.45) is 5.41 Å². The number of nitrogen functional groups attached to an aromatic ring is 1. The molecule has 1 aromatic heterocycles. The smallest absolute Gasteiger partial charge is 0.0541 e. The molecule has 59 heavy (non-hydrogen) atoms. The number of rotatable bonds is 8. The van der Waals surface area contributed by atoms with Gasteiger partial charge in [-0.2, -0.15) is 0 Å². The van der Waals surface area contributed by atoms with E-state index in [1.165, 1.54) is 55.5 Å². The molecule has 0 bridgehead atoms. The molecule has 3 nitrogen and oxygen atoms in total. The molecule has 0 saturated carbocycles. The molecule has 298 valence electrons. The molecule has 0 fully saturated rings. The third kappa shape index (κ3) is 9.66. The summed E-state index contributed by atoms with van der Waals surface area (Å²) in [5, 5.41) is 2.64. The number of benzene rings is 5. The molecule has 0 spiro atoms. The number of hydrogen-bond donors (Lipinski definition) is 1. The van der Waals surface area contributed by atoms with E-state index in [-0.39, 0.29) is 5.41 Å². The lowest BCUT2D eigenvalue weighted by molar-refractivity contribution is 0.424. The molecular weight excluding hydrogens is 715 g/mol. The van der Waals surface area contributed by atoms with Gasteiger partial charge in [-0.1, -0.05) is 184 Å². The zero-order chi connectivity index (χ0) is 42.5. The van der Waals surface area contributed by atoms with Crippen molar-refractivity contribution in [2.45, 2.75) is 41.5 Å². The van der Waals surface area contributed by atoms with Gasteiger partial charge in [0.25, 0.3) is 0 Å². The van der Waals surface area contributed by atoms with Gasteiger partial charge in [0.15, 0.2) is 0 Å². The van der Waals surface area contributed by atoms with E-state index in [4.69, 9.17) is 5.73 Å². The molecule has 2 heterocycles. The lowest BCUT2D eigenvalue weighted by Gasteiger charge is -2.43. The van der Waals surface area contributed by atoms with Crippen LogP contribution in [0.1, 0.15) is 44.4 Å². The molecule has 0 atom stereocenters. The van der Waals surface area contributed by atoms with Crippen LogP contribution in [0.5, 0.6) is 0 Å². The van der Waals surface area contributed by atoms with Gasteiger partial charge < -0.3 is 15.2 Å². The number of hydrogen-bond acceptors (Lipinski definition) is 2. The number of nitrogens with zero attached hydrogens (tertiary/aromatic N) is 2. The Morgan fingerprint density at radius 3 is 1.98 bits per heavy atom. The summed E-state index contributed by atoms with van der Waals surface area (Å²) in [5.74, 6) is 0. The van der Waals surface area contributed by atoms with Gasteiger partial charge in [0, 0.05) is 51.6 Å². The minimum atomic E-state index is -0.0570. The highest BCUT2D eigenvalue weighted by molar-refractivity contribution is 6.09. The SMILES string of the molecule is C=C/C=C1\C(=C/C)N(C)C(C=C)=C(/C=C\C)C1(C)C.C=C/C=C\C=C/c1ccc(C)cc1-c1ccccc1N.Cc1ccc2c(c1)c1ccccc1n2-c1ccccc1. The minimum absolute atomic E-state index is 0.0570. The van der Waals surface area contributed by atoms with Crippen LogP contribution < -0.4 is 5.73 Å². The average Bonchev–Trinajstić information content (AvgIpc) is 3.56. The number of anilines is 1. The molecule has 0 saturated heterocycles. The van der Waals surface area contributed by atoms with Crippen LogP contribution in [0.15, 0.2) is 218 Å². The topological polar surface area (TPSA) is 34.2 Å². The van der Waals surface area contributed by atoms with Crippen molar-refractivity contribution in [2.75, 3.05) is 12.8 Å². The largest absolute Gasteiger partial charge is 0.398 e. The van der Waals surface area contributed by atoms with Gasteiger partial charge in [-0.15, -0.1) is 0 Å². The zero-order valence-corrected chi connectivity index (χ0v) is 35.9. The second-order valence-corrected chi connectivity index (χ2v) is 15.0. The molecule has 5 aromatic carbocycles. The maximum Gasteiger partial charge on any atom is 0.0541 e. The van der Waals surface area contributed by atoms with Crippen LogP contribution in [0, 0.1) is 19.3 Å². The number of nitrogens with two attached hydrogens (primary N) is 1. The quantitative estimate of drug-likeness (QED) is 0.123. The Balaban J connectivity index is 0.000000168. The Labute approximate surface area is 353 Å². The highest BCUT2D eigenvalue weighted by Crippen LogP contribution is 2.47. The highest BCUT2D eigenvalue weighted by Gasteiger charge is 2.36. The fourth-order valence-corrected chi connectivity index (χ4v) is 7.78. The van der Waals surface area contributed by atoms with E-state index in [1.807, 2.05) is 55.5 Å². The lowest BCUT2D eigenvalue weighted by Crippen LogP contribution is -2.34. The predicted octanol–water partition coefficient (Wildman–Crippen LogP) is 15.1. The van der Waals surface area contributed by atoms with Crippen molar-refractivity contribution < 1.29 is 0 Å². The molecule has 2 N–H and O–H groups in total. The fraction of sp³-hybridized carbons (Fsp3) is 0.143. The first kappa shape index (κ1) is 43.3. The summed E-state index contributed by atoms with van der Waals surface area (Å²) >= 11 is 0. The Kier molecular flexibility index (Phi) is 14.7. The monoisotopic (exact) mass is 773 g/mol. The van der Waals surface area contributed by atoms with Crippen LogP contribution in [0.3, 0.4) is 0 Å². The molecule has 7 rings (SSSR count). The lowest BCUT2D eigenvalue weighted by atomic mass is 9.71. The number of fused-ring (bicyclic) bond motifs is 3. The van der Waals surface area contributed by atoms with E-state index in [1.54, 1.807) is 6.08 Å². The van der Waals surface area contributed by atoms with Gasteiger partial charge in [0.05, 0.1) is 11.0 Å². The summed E-state index contributed by atoms with van der Waals surface area (Å²) in [5.41, 5.74) is 21.4. The van der Waals surface area contributed by atoms with Gasteiger partial charge in [-0.3, -0.25) is 0 Å². The molecule has 1 aliphatic rings. The Bertz CT molecular complexity index is 2630. The third-order valence-corrected chi connectivity index (χ3v) is 10.6. The molecule has 6 aromatic rings. The fourth-order valence-electron chi connectivity index (χ4n) is 7.78. The van der Waals surface area contributed by atoms with Crippen molar-refractivity contribution in [3.05, 3.63) is 235 Å². The number of aryl methyl sites for hydroxylation is 2. The first-order valence-electron chi connectivity index (χ1n) is 20.2. The summed E-state index contributed by atoms with van der Waals surface area (Å²) in [7, 11) is 2.09. The van der Waals surface area contributed by atoms with Gasteiger partial charge in [-0.25, -0.2) is 0 Å². The summed E-state index contributed by atoms with van der Waals surface area (Å²) < 4.78 is 2.34. The van der Waals surface area contributed by atoms with Gasteiger partial charge in [0.2, 0.25) is 0 Å². The van der Waals surface area contributed by atoms with Crippen molar-refractivity contribution >= 4 is 33.6 Å². The van der Waals surface area contributed by atoms with Crippen molar-refractivity contribution in [1.82, 2.24) is 9.47 Å². The maximum absolute atomic E-state index is 6.10. The number of aromatic nitrogens is 1. The minimum Gasteiger partial charge on any atom is -0.398 e. The van der Waals surface area contributed by atoms with Crippen LogP contribution in [0.4, 0.5) is 5.69 Å².